The summed E-state index contributed by atoms with van der Waals surface area (Å²) in [7, 11) is 0. The van der Waals surface area contributed by atoms with E-state index in [1.54, 1.807) is 12.1 Å². The van der Waals surface area contributed by atoms with Gasteiger partial charge in [0.25, 0.3) is 5.91 Å². The maximum atomic E-state index is 14.0. The minimum Gasteiger partial charge on any atom is -0.344 e. The Morgan fingerprint density at radius 2 is 1.62 bits per heavy atom. The molecule has 164 valence electrons. The van der Waals surface area contributed by atoms with Crippen molar-refractivity contribution in [2.75, 3.05) is 0 Å². The van der Waals surface area contributed by atoms with E-state index in [0.29, 0.717) is 29.3 Å². The lowest BCUT2D eigenvalue weighted by molar-refractivity contribution is 0.0927. The normalized spacial score (nSPS) is 11.8. The second-order valence-electron chi connectivity index (χ2n) is 7.60. The second-order valence-corrected chi connectivity index (χ2v) is 7.60. The molecule has 4 aromatic rings. The fourth-order valence-electron chi connectivity index (χ4n) is 3.97. The molecule has 0 saturated carbocycles. The first-order valence-corrected chi connectivity index (χ1v) is 10.9. The van der Waals surface area contributed by atoms with Crippen molar-refractivity contribution in [3.05, 3.63) is 102 Å². The molecule has 0 unspecified atom stereocenters. The van der Waals surface area contributed by atoms with E-state index in [1.165, 1.54) is 12.1 Å². The number of aromatic nitrogens is 2. The summed E-state index contributed by atoms with van der Waals surface area (Å²) >= 11 is 0. The van der Waals surface area contributed by atoms with Gasteiger partial charge in [0.2, 0.25) is 0 Å². The van der Waals surface area contributed by atoms with Crippen molar-refractivity contribution >= 4 is 5.91 Å². The zero-order valence-electron chi connectivity index (χ0n) is 18.3. The van der Waals surface area contributed by atoms with Crippen LogP contribution in [0.1, 0.15) is 43.8 Å². The van der Waals surface area contributed by atoms with Gasteiger partial charge in [-0.2, -0.15) is 0 Å². The number of amides is 1. The average Bonchev–Trinajstić information content (AvgIpc) is 3.23. The van der Waals surface area contributed by atoms with Crippen LogP contribution in [0, 0.1) is 5.82 Å². The number of halogens is 1. The van der Waals surface area contributed by atoms with Crippen molar-refractivity contribution in [3.63, 3.8) is 0 Å². The van der Waals surface area contributed by atoms with Crippen molar-refractivity contribution in [1.82, 2.24) is 14.9 Å². The van der Waals surface area contributed by atoms with Gasteiger partial charge in [-0.3, -0.25) is 4.79 Å². The third-order valence-electron chi connectivity index (χ3n) is 5.54. The Hall–Kier alpha value is -3.73. The van der Waals surface area contributed by atoms with Gasteiger partial charge in [0.05, 0.1) is 6.04 Å². The first kappa shape index (κ1) is 21.5. The molecule has 1 N–H and O–H groups in total. The average molecular weight is 430 g/mol. The Bertz CT molecular complexity index is 1210. The van der Waals surface area contributed by atoms with Crippen molar-refractivity contribution in [2.24, 2.45) is 0 Å². The van der Waals surface area contributed by atoms with Crippen LogP contribution in [-0.2, 0) is 6.54 Å². The molecular weight excluding hydrogens is 401 g/mol. The summed E-state index contributed by atoms with van der Waals surface area (Å²) in [5, 5.41) is 3.17. The molecule has 0 saturated heterocycles. The summed E-state index contributed by atoms with van der Waals surface area (Å²) < 4.78 is 16.0. The first-order valence-electron chi connectivity index (χ1n) is 10.9. The van der Waals surface area contributed by atoms with E-state index in [9.17, 15) is 9.18 Å². The van der Waals surface area contributed by atoms with Crippen molar-refractivity contribution in [1.29, 1.82) is 0 Å². The number of carbonyl (C=O) groups is 1. The quantitative estimate of drug-likeness (QED) is 0.364. The predicted octanol–water partition coefficient (Wildman–Crippen LogP) is 6.50. The van der Waals surface area contributed by atoms with Gasteiger partial charge in [0, 0.05) is 19.1 Å². The summed E-state index contributed by atoms with van der Waals surface area (Å²) in [6.45, 7) is 4.57. The maximum Gasteiger partial charge on any atom is 0.270 e. The second kappa shape index (κ2) is 9.60. The summed E-state index contributed by atoms with van der Waals surface area (Å²) in [5.41, 5.74) is 3.44. The van der Waals surface area contributed by atoms with Gasteiger partial charge in [0.1, 0.15) is 23.0 Å². The Kier molecular flexibility index (Phi) is 6.45. The van der Waals surface area contributed by atoms with E-state index in [-0.39, 0.29) is 19.2 Å². The molecule has 0 spiro atoms. The Morgan fingerprint density at radius 1 is 0.969 bits per heavy atom. The minimum atomic E-state index is -0.364. The SMILES string of the molecule is CC[C@H](NC(=O)c1c(-c2cccc(F)c2)nc(-c2ccccc2)n1CC)c1ccccc1.[HH]. The molecule has 1 heterocycles. The lowest BCUT2D eigenvalue weighted by atomic mass is 10.0. The molecule has 0 aliphatic carbocycles. The zero-order chi connectivity index (χ0) is 22.5. The molecular formula is C27H28FN3O. The van der Waals surface area contributed by atoms with Crippen LogP contribution >= 0.6 is 0 Å². The summed E-state index contributed by atoms with van der Waals surface area (Å²) in [5.74, 6) is 0.0960. The van der Waals surface area contributed by atoms with Crippen LogP contribution in [0.15, 0.2) is 84.9 Å². The molecule has 5 heteroatoms. The van der Waals surface area contributed by atoms with Gasteiger partial charge in [0.15, 0.2) is 0 Å². The first-order chi connectivity index (χ1) is 15.6. The molecule has 0 aliphatic heterocycles. The van der Waals surface area contributed by atoms with Gasteiger partial charge in [-0.05, 0) is 31.0 Å². The van der Waals surface area contributed by atoms with E-state index in [2.05, 4.69) is 5.32 Å². The number of nitrogens with zero attached hydrogens (tertiary/aromatic N) is 2. The highest BCUT2D eigenvalue weighted by molar-refractivity contribution is 5.99. The van der Waals surface area contributed by atoms with Crippen molar-refractivity contribution in [2.45, 2.75) is 32.9 Å². The summed E-state index contributed by atoms with van der Waals surface area (Å²) in [6.07, 6.45) is 0.747. The van der Waals surface area contributed by atoms with Crippen LogP contribution in [0.2, 0.25) is 0 Å². The molecule has 1 amide bonds. The predicted molar refractivity (Wildman–Crippen MR) is 128 cm³/mol. The number of hydrogen-bond donors (Lipinski definition) is 1. The molecule has 0 fully saturated rings. The Morgan fingerprint density at radius 3 is 2.25 bits per heavy atom. The van der Waals surface area contributed by atoms with E-state index in [1.807, 2.05) is 79.1 Å². The molecule has 4 nitrogen and oxygen atoms in total. The topological polar surface area (TPSA) is 46.9 Å². The van der Waals surface area contributed by atoms with Crippen molar-refractivity contribution < 1.29 is 10.6 Å². The van der Waals surface area contributed by atoms with E-state index in [4.69, 9.17) is 4.98 Å². The van der Waals surface area contributed by atoms with Gasteiger partial charge in [-0.15, -0.1) is 0 Å². The van der Waals surface area contributed by atoms with Crippen LogP contribution in [0.25, 0.3) is 22.6 Å². The maximum absolute atomic E-state index is 14.0. The fourth-order valence-corrected chi connectivity index (χ4v) is 3.97. The summed E-state index contributed by atoms with van der Waals surface area (Å²) in [4.78, 5) is 18.5. The molecule has 0 radical (unpaired) electrons. The van der Waals surface area contributed by atoms with Crippen LogP contribution < -0.4 is 5.32 Å². The fraction of sp³-hybridized carbons (Fsp3) is 0.185. The molecule has 1 aromatic heterocycles. The molecule has 4 rings (SSSR count). The van der Waals surface area contributed by atoms with Crippen molar-refractivity contribution in [3.8, 4) is 22.6 Å². The van der Waals surface area contributed by atoms with Gasteiger partial charge in [-0.25, -0.2) is 9.37 Å². The van der Waals surface area contributed by atoms with Gasteiger partial charge >= 0.3 is 0 Å². The molecule has 1 atom stereocenters. The van der Waals surface area contributed by atoms with Crippen LogP contribution in [0.4, 0.5) is 4.39 Å². The number of imidazole rings is 1. The number of carbonyl (C=O) groups excluding carboxylic acids is 1. The molecule has 32 heavy (non-hydrogen) atoms. The highest BCUT2D eigenvalue weighted by atomic mass is 19.1. The van der Waals surface area contributed by atoms with Crippen LogP contribution in [0.3, 0.4) is 0 Å². The van der Waals surface area contributed by atoms with E-state index in [0.717, 1.165) is 17.5 Å². The van der Waals surface area contributed by atoms with Crippen LogP contribution in [-0.4, -0.2) is 15.5 Å². The number of benzene rings is 3. The zero-order valence-corrected chi connectivity index (χ0v) is 18.3. The minimum absolute atomic E-state index is 0. The molecule has 3 aromatic carbocycles. The third kappa shape index (κ3) is 4.33. The van der Waals surface area contributed by atoms with E-state index >= 15 is 0 Å². The third-order valence-corrected chi connectivity index (χ3v) is 5.54. The number of hydrogen-bond acceptors (Lipinski definition) is 2. The number of rotatable bonds is 7. The number of nitrogens with one attached hydrogen (secondary N) is 1. The van der Waals surface area contributed by atoms with Gasteiger partial charge in [-0.1, -0.05) is 79.7 Å². The smallest absolute Gasteiger partial charge is 0.270 e. The molecule has 0 aliphatic rings. The van der Waals surface area contributed by atoms with Crippen LogP contribution in [0.5, 0.6) is 0 Å². The summed E-state index contributed by atoms with van der Waals surface area (Å²) in [6, 6.07) is 25.7. The molecule has 0 bridgehead atoms. The monoisotopic (exact) mass is 429 g/mol. The standard InChI is InChI=1S/C27H26FN3O.H2/c1-3-23(19-12-7-5-8-13-19)29-27(32)25-24(21-16-11-17-22(28)18-21)30-26(31(25)4-2)20-14-9-6-10-15-20;/h5-18,23H,3-4H2,1-2H3,(H,29,32);1H/t23-;/m0./s1. The van der Waals surface area contributed by atoms with Gasteiger partial charge < -0.3 is 9.88 Å². The highest BCUT2D eigenvalue weighted by Gasteiger charge is 2.26. The van der Waals surface area contributed by atoms with E-state index < -0.39 is 0 Å². The lowest BCUT2D eigenvalue weighted by Crippen LogP contribution is -2.30. The Labute approximate surface area is 189 Å². The highest BCUT2D eigenvalue weighted by Crippen LogP contribution is 2.30. The largest absolute Gasteiger partial charge is 0.344 e. The lowest BCUT2D eigenvalue weighted by Gasteiger charge is -2.19. The Balaban J connectivity index is 0.00000306.